The van der Waals surface area contributed by atoms with E-state index in [0.29, 0.717) is 6.61 Å². The molecule has 3 aromatic carbocycles. The number of benzene rings is 3. The SMILES string of the molecule is CCc1cc(Oc2c(C)cc(N)c3c2CCC3)ccc1OCc1ccccc1. The van der Waals surface area contributed by atoms with Crippen LogP contribution in [0.3, 0.4) is 0 Å². The highest BCUT2D eigenvalue weighted by molar-refractivity contribution is 5.62. The quantitative estimate of drug-likeness (QED) is 0.539. The number of ether oxygens (including phenoxy) is 2. The minimum atomic E-state index is 0.568. The van der Waals surface area contributed by atoms with Gasteiger partial charge in [0.05, 0.1) is 0 Å². The van der Waals surface area contributed by atoms with Crippen molar-refractivity contribution in [2.24, 2.45) is 0 Å². The molecule has 3 heteroatoms. The molecule has 0 aromatic heterocycles. The number of anilines is 1. The first-order chi connectivity index (χ1) is 13.7. The summed E-state index contributed by atoms with van der Waals surface area (Å²) in [6.07, 6.45) is 4.12. The third-order valence-corrected chi connectivity index (χ3v) is 5.44. The average Bonchev–Trinajstić information content (AvgIpc) is 3.21. The predicted molar refractivity (Wildman–Crippen MR) is 114 cm³/mol. The Morgan fingerprint density at radius 1 is 0.964 bits per heavy atom. The summed E-state index contributed by atoms with van der Waals surface area (Å²) in [5.41, 5.74) is 13.1. The normalized spacial score (nSPS) is 12.6. The van der Waals surface area contributed by atoms with Crippen LogP contribution in [0.1, 0.15) is 41.2 Å². The molecule has 1 aliphatic rings. The van der Waals surface area contributed by atoms with Crippen LogP contribution in [0.4, 0.5) is 5.69 Å². The molecule has 0 saturated heterocycles. The minimum absolute atomic E-state index is 0.568. The van der Waals surface area contributed by atoms with Crippen molar-refractivity contribution in [3.05, 3.63) is 82.4 Å². The fourth-order valence-corrected chi connectivity index (χ4v) is 3.97. The highest BCUT2D eigenvalue weighted by atomic mass is 16.5. The first kappa shape index (κ1) is 18.4. The number of hydrogen-bond acceptors (Lipinski definition) is 3. The van der Waals surface area contributed by atoms with Gasteiger partial charge in [0.15, 0.2) is 0 Å². The first-order valence-corrected chi connectivity index (χ1v) is 10.0. The fourth-order valence-electron chi connectivity index (χ4n) is 3.97. The van der Waals surface area contributed by atoms with Crippen molar-refractivity contribution < 1.29 is 9.47 Å². The molecule has 144 valence electrons. The van der Waals surface area contributed by atoms with Crippen molar-refractivity contribution in [3.63, 3.8) is 0 Å². The maximum Gasteiger partial charge on any atom is 0.133 e. The Labute approximate surface area is 167 Å². The molecule has 0 unspecified atom stereocenters. The van der Waals surface area contributed by atoms with Gasteiger partial charge in [0, 0.05) is 11.3 Å². The molecular weight excluding hydrogens is 346 g/mol. The number of hydrogen-bond donors (Lipinski definition) is 1. The zero-order valence-corrected chi connectivity index (χ0v) is 16.6. The van der Waals surface area contributed by atoms with Crippen LogP contribution in [-0.4, -0.2) is 0 Å². The Hall–Kier alpha value is -2.94. The summed E-state index contributed by atoms with van der Waals surface area (Å²) in [6, 6.07) is 18.4. The number of fused-ring (bicyclic) bond motifs is 1. The molecule has 2 N–H and O–H groups in total. The second-order valence-corrected chi connectivity index (χ2v) is 7.42. The number of nitrogen functional groups attached to an aromatic ring is 1. The Morgan fingerprint density at radius 3 is 2.54 bits per heavy atom. The third kappa shape index (κ3) is 3.70. The lowest BCUT2D eigenvalue weighted by atomic mass is 10.0. The van der Waals surface area contributed by atoms with Crippen LogP contribution in [-0.2, 0) is 25.9 Å². The van der Waals surface area contributed by atoms with Crippen LogP contribution in [0.25, 0.3) is 0 Å². The largest absolute Gasteiger partial charge is 0.489 e. The molecule has 0 spiro atoms. The van der Waals surface area contributed by atoms with Gasteiger partial charge in [-0.05, 0) is 79.1 Å². The monoisotopic (exact) mass is 373 g/mol. The van der Waals surface area contributed by atoms with Gasteiger partial charge in [-0.2, -0.15) is 0 Å². The summed E-state index contributed by atoms with van der Waals surface area (Å²) in [7, 11) is 0. The van der Waals surface area contributed by atoms with Gasteiger partial charge in [-0.3, -0.25) is 0 Å². The Morgan fingerprint density at radius 2 is 1.75 bits per heavy atom. The molecule has 0 radical (unpaired) electrons. The van der Waals surface area contributed by atoms with E-state index in [4.69, 9.17) is 15.2 Å². The molecule has 1 aliphatic carbocycles. The van der Waals surface area contributed by atoms with E-state index in [2.05, 4.69) is 32.0 Å². The highest BCUT2D eigenvalue weighted by Crippen LogP contribution is 2.40. The van der Waals surface area contributed by atoms with Crippen molar-refractivity contribution in [2.45, 2.75) is 46.1 Å². The molecule has 0 fully saturated rings. The first-order valence-electron chi connectivity index (χ1n) is 10.0. The number of aryl methyl sites for hydroxylation is 2. The maximum absolute atomic E-state index is 6.36. The minimum Gasteiger partial charge on any atom is -0.489 e. The molecule has 0 bridgehead atoms. The van der Waals surface area contributed by atoms with E-state index in [0.717, 1.165) is 65.3 Å². The van der Waals surface area contributed by atoms with E-state index in [1.54, 1.807) is 0 Å². The third-order valence-electron chi connectivity index (χ3n) is 5.44. The van der Waals surface area contributed by atoms with Crippen molar-refractivity contribution >= 4 is 5.69 Å². The molecule has 0 heterocycles. The Bertz CT molecular complexity index is 980. The lowest BCUT2D eigenvalue weighted by molar-refractivity contribution is 0.302. The predicted octanol–water partition coefficient (Wildman–Crippen LogP) is 6.00. The van der Waals surface area contributed by atoms with E-state index in [1.807, 2.05) is 36.4 Å². The summed E-state index contributed by atoms with van der Waals surface area (Å²) in [6.45, 7) is 4.78. The maximum atomic E-state index is 6.36. The highest BCUT2D eigenvalue weighted by Gasteiger charge is 2.21. The van der Waals surface area contributed by atoms with Crippen LogP contribution in [0.15, 0.2) is 54.6 Å². The van der Waals surface area contributed by atoms with Crippen LogP contribution in [0, 0.1) is 6.92 Å². The van der Waals surface area contributed by atoms with Crippen LogP contribution in [0.2, 0.25) is 0 Å². The molecule has 0 saturated carbocycles. The van der Waals surface area contributed by atoms with Gasteiger partial charge in [0.25, 0.3) is 0 Å². The van der Waals surface area contributed by atoms with Gasteiger partial charge in [0.1, 0.15) is 23.9 Å². The molecule has 3 nitrogen and oxygen atoms in total. The summed E-state index contributed by atoms with van der Waals surface area (Å²) in [5.74, 6) is 2.74. The van der Waals surface area contributed by atoms with Crippen LogP contribution in [0.5, 0.6) is 17.2 Å². The van der Waals surface area contributed by atoms with E-state index >= 15 is 0 Å². The standard InChI is InChI=1S/C25H27NO2/c1-3-19-15-20(12-13-24(19)27-16-18-8-5-4-6-9-18)28-25-17(2)14-23(26)21-10-7-11-22(21)25/h4-6,8-9,12-15H,3,7,10-11,16,26H2,1-2H3. The lowest BCUT2D eigenvalue weighted by Crippen LogP contribution is -2.01. The summed E-state index contributed by atoms with van der Waals surface area (Å²) in [4.78, 5) is 0. The molecule has 28 heavy (non-hydrogen) atoms. The van der Waals surface area contributed by atoms with Gasteiger partial charge < -0.3 is 15.2 Å². The average molecular weight is 373 g/mol. The number of rotatable bonds is 6. The van der Waals surface area contributed by atoms with E-state index in [9.17, 15) is 0 Å². The topological polar surface area (TPSA) is 44.5 Å². The van der Waals surface area contributed by atoms with E-state index in [1.165, 1.54) is 11.1 Å². The smallest absolute Gasteiger partial charge is 0.133 e. The van der Waals surface area contributed by atoms with Crippen molar-refractivity contribution in [1.82, 2.24) is 0 Å². The van der Waals surface area contributed by atoms with Crippen molar-refractivity contribution in [3.8, 4) is 17.2 Å². The van der Waals surface area contributed by atoms with Gasteiger partial charge in [-0.15, -0.1) is 0 Å². The second kappa shape index (κ2) is 7.97. The van der Waals surface area contributed by atoms with Crippen LogP contribution < -0.4 is 15.2 Å². The van der Waals surface area contributed by atoms with Crippen molar-refractivity contribution in [1.29, 1.82) is 0 Å². The van der Waals surface area contributed by atoms with Gasteiger partial charge in [-0.1, -0.05) is 37.3 Å². The van der Waals surface area contributed by atoms with E-state index < -0.39 is 0 Å². The second-order valence-electron chi connectivity index (χ2n) is 7.42. The van der Waals surface area contributed by atoms with Gasteiger partial charge >= 0.3 is 0 Å². The number of nitrogens with two attached hydrogens (primary N) is 1. The molecular formula is C25H27NO2. The Kier molecular flexibility index (Phi) is 5.25. The zero-order valence-electron chi connectivity index (χ0n) is 16.6. The molecule has 0 atom stereocenters. The van der Waals surface area contributed by atoms with E-state index in [-0.39, 0.29) is 0 Å². The molecule has 4 rings (SSSR count). The molecule has 3 aromatic rings. The molecule has 0 aliphatic heterocycles. The Balaban J connectivity index is 1.56. The zero-order chi connectivity index (χ0) is 19.5. The van der Waals surface area contributed by atoms with Crippen molar-refractivity contribution in [2.75, 3.05) is 5.73 Å². The summed E-state index contributed by atoms with van der Waals surface area (Å²) in [5, 5.41) is 0. The summed E-state index contributed by atoms with van der Waals surface area (Å²) < 4.78 is 12.4. The fraction of sp³-hybridized carbons (Fsp3) is 0.280. The van der Waals surface area contributed by atoms with Crippen LogP contribution >= 0.6 is 0 Å². The lowest BCUT2D eigenvalue weighted by Gasteiger charge is -2.17. The molecule has 0 amide bonds. The van der Waals surface area contributed by atoms with Gasteiger partial charge in [0.2, 0.25) is 0 Å². The summed E-state index contributed by atoms with van der Waals surface area (Å²) >= 11 is 0. The van der Waals surface area contributed by atoms with Gasteiger partial charge in [-0.25, -0.2) is 0 Å².